The average Bonchev–Trinajstić information content (AvgIpc) is 2.79. The number of rotatable bonds is 3. The topological polar surface area (TPSA) is 60.7 Å². The molecule has 0 aliphatic carbocycles. The Kier molecular flexibility index (Phi) is 7.84. The third-order valence-electron chi connectivity index (χ3n) is 8.37. The zero-order valence-corrected chi connectivity index (χ0v) is 28.2. The van der Waals surface area contributed by atoms with Crippen LogP contribution in [0, 0.1) is 0 Å². The first-order valence-corrected chi connectivity index (χ1v) is 16.7. The van der Waals surface area contributed by atoms with Crippen LogP contribution in [0.1, 0.15) is 122 Å². The molecule has 0 aliphatic rings. The van der Waals surface area contributed by atoms with Crippen molar-refractivity contribution in [2.75, 3.05) is 0 Å². The van der Waals surface area contributed by atoms with Gasteiger partial charge in [-0.25, -0.2) is 0 Å². The van der Waals surface area contributed by atoms with Crippen LogP contribution in [0.25, 0.3) is 21.5 Å². The van der Waals surface area contributed by atoms with Crippen LogP contribution in [0.4, 0.5) is 0 Å². The van der Waals surface area contributed by atoms with Gasteiger partial charge in [0.25, 0.3) is 0 Å². The summed E-state index contributed by atoms with van der Waals surface area (Å²) in [6.07, 6.45) is 0. The molecule has 222 valence electrons. The fourth-order valence-electron chi connectivity index (χ4n) is 5.93. The number of fused-ring (bicyclic) bond motifs is 2. The van der Waals surface area contributed by atoms with Crippen molar-refractivity contribution in [3.8, 4) is 0 Å². The van der Waals surface area contributed by atoms with Crippen molar-refractivity contribution in [1.82, 2.24) is 0 Å². The van der Waals surface area contributed by atoms with Gasteiger partial charge in [-0.1, -0.05) is 0 Å². The molecule has 0 saturated carbocycles. The van der Waals surface area contributed by atoms with E-state index in [9.17, 15) is 14.7 Å². The molecule has 0 aliphatic heterocycles. The second-order valence-corrected chi connectivity index (χ2v) is 18.1. The van der Waals surface area contributed by atoms with Crippen molar-refractivity contribution in [2.24, 2.45) is 0 Å². The van der Waals surface area contributed by atoms with E-state index in [1.165, 1.54) is 11.1 Å². The van der Waals surface area contributed by atoms with Crippen LogP contribution in [0.5, 0.6) is 0 Å². The Morgan fingerprint density at radius 1 is 0.439 bits per heavy atom. The fourth-order valence-corrected chi connectivity index (χ4v) is 7.24. The molecule has 4 rings (SSSR count). The normalized spacial score (nSPS) is 14.3. The van der Waals surface area contributed by atoms with Crippen molar-refractivity contribution >= 4 is 29.5 Å². The Bertz CT molecular complexity index is 1480. The Labute approximate surface area is 248 Å². The minimum atomic E-state index is -4.75. The maximum atomic E-state index is 11.3. The molecule has 0 radical (unpaired) electrons. The Balaban J connectivity index is 2.09. The summed E-state index contributed by atoms with van der Waals surface area (Å²) < 4.78 is 0. The predicted octanol–water partition coefficient (Wildman–Crippen LogP) is 9.74. The molecule has 3 N–H and O–H groups in total. The molecule has 0 bridgehead atoms. The van der Waals surface area contributed by atoms with Crippen LogP contribution < -0.4 is 0 Å². The van der Waals surface area contributed by atoms with Crippen LogP contribution >= 0.6 is 7.94 Å². The van der Waals surface area contributed by atoms with Gasteiger partial charge in [0.15, 0.2) is 0 Å². The van der Waals surface area contributed by atoms with Gasteiger partial charge in [0.2, 0.25) is 0 Å². The van der Waals surface area contributed by atoms with Crippen LogP contribution in [0.3, 0.4) is 0 Å². The minimum absolute atomic E-state index is 0.0141. The molecule has 0 saturated heterocycles. The molecule has 0 aromatic heterocycles. The summed E-state index contributed by atoms with van der Waals surface area (Å²) in [7, 11) is -4.75. The van der Waals surface area contributed by atoms with Gasteiger partial charge >= 0.3 is 249 Å². The molecule has 41 heavy (non-hydrogen) atoms. The van der Waals surface area contributed by atoms with Gasteiger partial charge in [0.1, 0.15) is 0 Å². The molecule has 0 amide bonds. The van der Waals surface area contributed by atoms with Crippen molar-refractivity contribution in [1.29, 1.82) is 0 Å². The van der Waals surface area contributed by atoms with Gasteiger partial charge in [-0.05, 0) is 0 Å². The van der Waals surface area contributed by atoms with E-state index >= 15 is 0 Å². The first-order chi connectivity index (χ1) is 18.5. The summed E-state index contributed by atoms with van der Waals surface area (Å²) in [5, 5.41) is 4.29. The predicted molar refractivity (Wildman–Crippen MR) is 180 cm³/mol. The molecule has 4 heteroatoms. The molecule has 0 fully saturated rings. The van der Waals surface area contributed by atoms with E-state index in [1.54, 1.807) is 0 Å². The Morgan fingerprint density at radius 3 is 1.05 bits per heavy atom. The number of hydrogen-bond acceptors (Lipinski definition) is 3. The van der Waals surface area contributed by atoms with Crippen LogP contribution in [0.15, 0.2) is 60.7 Å². The molecule has 4 aromatic carbocycles. The molecule has 0 heterocycles. The molecule has 0 spiro atoms. The standard InChI is InChI=1S/C37H51O3P/c1-34(2,3)27-15-13-23-19-29(31(36(7,8)9)21-25(23)17-27)33(41(38,39)40)30-20-24-14-16-28(35(4,5)6)18-26(24)22-32(30)37(10,11)12/h13-22,33,38-41H,1-12H3. The summed E-state index contributed by atoms with van der Waals surface area (Å²) in [4.78, 5) is 33.8. The van der Waals surface area contributed by atoms with Crippen molar-refractivity contribution in [2.45, 2.75) is 110 Å². The molecule has 0 unspecified atom stereocenters. The average molecular weight is 575 g/mol. The zero-order valence-electron chi connectivity index (χ0n) is 27.2. The van der Waals surface area contributed by atoms with Gasteiger partial charge in [-0.2, -0.15) is 0 Å². The van der Waals surface area contributed by atoms with E-state index < -0.39 is 13.6 Å². The third-order valence-corrected chi connectivity index (χ3v) is 9.77. The first-order valence-electron chi connectivity index (χ1n) is 14.8. The monoisotopic (exact) mass is 574 g/mol. The number of hydrogen-bond donors (Lipinski definition) is 3. The third kappa shape index (κ3) is 6.55. The second kappa shape index (κ2) is 10.2. The van der Waals surface area contributed by atoms with E-state index in [4.69, 9.17) is 0 Å². The molecule has 3 nitrogen and oxygen atoms in total. The summed E-state index contributed by atoms with van der Waals surface area (Å²) in [6.45, 7) is 26.2. The van der Waals surface area contributed by atoms with Crippen LogP contribution in [0.2, 0.25) is 0 Å². The Morgan fingerprint density at radius 2 is 0.780 bits per heavy atom. The molecule has 4 aromatic rings. The molecular formula is C37H51O3P. The zero-order chi connectivity index (χ0) is 30.9. The van der Waals surface area contributed by atoms with Gasteiger partial charge in [-0.3, -0.25) is 0 Å². The van der Waals surface area contributed by atoms with E-state index in [1.807, 2.05) is 0 Å². The summed E-state index contributed by atoms with van der Waals surface area (Å²) >= 11 is 0. The van der Waals surface area contributed by atoms with Gasteiger partial charge in [0, 0.05) is 0 Å². The van der Waals surface area contributed by atoms with E-state index in [0.717, 1.165) is 43.8 Å². The van der Waals surface area contributed by atoms with Crippen molar-refractivity contribution < 1.29 is 14.7 Å². The summed E-state index contributed by atoms with van der Waals surface area (Å²) in [5.41, 5.74) is 4.60. The van der Waals surface area contributed by atoms with Gasteiger partial charge < -0.3 is 0 Å². The molecule has 0 atom stereocenters. The van der Waals surface area contributed by atoms with Crippen LogP contribution in [-0.4, -0.2) is 14.7 Å². The van der Waals surface area contributed by atoms with E-state index in [2.05, 4.69) is 144 Å². The van der Waals surface area contributed by atoms with Crippen molar-refractivity contribution in [3.05, 3.63) is 94.0 Å². The summed E-state index contributed by atoms with van der Waals surface area (Å²) in [6, 6.07) is 21.6. The number of benzene rings is 4. The summed E-state index contributed by atoms with van der Waals surface area (Å²) in [5.74, 6) is 0. The SMILES string of the molecule is CC(C)(C)c1ccc2cc(C(c3cc4ccc(C(C)(C)C)cc4cc3C(C)(C)C)[PH](O)(O)O)c(C(C)(C)C)cc2c1. The first kappa shape index (κ1) is 31.6. The van der Waals surface area contributed by atoms with E-state index in [0.29, 0.717) is 0 Å². The molecular weight excluding hydrogens is 523 g/mol. The van der Waals surface area contributed by atoms with Gasteiger partial charge in [-0.15, -0.1) is 0 Å². The van der Waals surface area contributed by atoms with Crippen molar-refractivity contribution in [3.63, 3.8) is 0 Å². The quantitative estimate of drug-likeness (QED) is 0.213. The second-order valence-electron chi connectivity index (χ2n) is 16.1. The van der Waals surface area contributed by atoms with Crippen LogP contribution in [-0.2, 0) is 21.7 Å². The Hall–Kier alpha value is -2.29. The van der Waals surface area contributed by atoms with E-state index in [-0.39, 0.29) is 21.7 Å². The maximum absolute atomic E-state index is 11.3. The van der Waals surface area contributed by atoms with Gasteiger partial charge in [0.05, 0.1) is 0 Å². The fraction of sp³-hybridized carbons (Fsp3) is 0.459.